The standard InChI is InChI=1S/C25H24N2O3S/c1-16-10-11-19(14-17(16)2)24(28)27(15-18-8-6-5-7-9-18)25-26-22-20(29-3)12-13-21(30-4)23(22)31-25/h5-14H,15H2,1-4H3. The first-order chi connectivity index (χ1) is 15.0. The summed E-state index contributed by atoms with van der Waals surface area (Å²) in [5, 5.41) is 0.602. The van der Waals surface area contributed by atoms with Gasteiger partial charge in [-0.05, 0) is 54.8 Å². The molecular weight excluding hydrogens is 408 g/mol. The number of ether oxygens (including phenoxy) is 2. The number of benzene rings is 3. The van der Waals surface area contributed by atoms with Crippen LogP contribution in [0.3, 0.4) is 0 Å². The number of hydrogen-bond donors (Lipinski definition) is 0. The minimum atomic E-state index is -0.0936. The Labute approximate surface area is 185 Å². The van der Waals surface area contributed by atoms with Crippen molar-refractivity contribution in [2.75, 3.05) is 19.1 Å². The second kappa shape index (κ2) is 8.78. The molecule has 0 aliphatic heterocycles. The van der Waals surface area contributed by atoms with Gasteiger partial charge in [-0.3, -0.25) is 9.69 Å². The first-order valence-electron chi connectivity index (χ1n) is 9.96. The zero-order valence-corrected chi connectivity index (χ0v) is 18.8. The maximum Gasteiger partial charge on any atom is 0.260 e. The van der Waals surface area contributed by atoms with Gasteiger partial charge in [0.15, 0.2) is 5.13 Å². The second-order valence-electron chi connectivity index (χ2n) is 7.32. The van der Waals surface area contributed by atoms with Gasteiger partial charge < -0.3 is 9.47 Å². The first kappa shape index (κ1) is 20.9. The van der Waals surface area contributed by atoms with Crippen molar-refractivity contribution in [2.24, 2.45) is 0 Å². The average molecular weight is 433 g/mol. The van der Waals surface area contributed by atoms with Crippen molar-refractivity contribution < 1.29 is 14.3 Å². The van der Waals surface area contributed by atoms with Gasteiger partial charge >= 0.3 is 0 Å². The molecule has 4 aromatic rings. The average Bonchev–Trinajstić information content (AvgIpc) is 3.24. The third kappa shape index (κ3) is 4.11. The fourth-order valence-electron chi connectivity index (χ4n) is 3.41. The molecule has 0 radical (unpaired) electrons. The summed E-state index contributed by atoms with van der Waals surface area (Å²) < 4.78 is 11.9. The topological polar surface area (TPSA) is 51.7 Å². The molecule has 0 unspecified atom stereocenters. The summed E-state index contributed by atoms with van der Waals surface area (Å²) in [7, 11) is 3.24. The van der Waals surface area contributed by atoms with Gasteiger partial charge in [0.2, 0.25) is 0 Å². The summed E-state index contributed by atoms with van der Waals surface area (Å²) in [6.45, 7) is 4.47. The van der Waals surface area contributed by atoms with Crippen molar-refractivity contribution in [3.63, 3.8) is 0 Å². The van der Waals surface area contributed by atoms with Crippen LogP contribution >= 0.6 is 11.3 Å². The van der Waals surface area contributed by atoms with Crippen LogP contribution in [0.15, 0.2) is 60.7 Å². The van der Waals surface area contributed by atoms with Crippen molar-refractivity contribution in [1.82, 2.24) is 4.98 Å². The summed E-state index contributed by atoms with van der Waals surface area (Å²) >= 11 is 1.42. The molecule has 0 atom stereocenters. The van der Waals surface area contributed by atoms with E-state index in [1.165, 1.54) is 11.3 Å². The van der Waals surface area contributed by atoms with Crippen LogP contribution in [0.5, 0.6) is 11.5 Å². The lowest BCUT2D eigenvalue weighted by atomic mass is 10.1. The van der Waals surface area contributed by atoms with Crippen LogP contribution in [0, 0.1) is 13.8 Å². The Bertz CT molecular complexity index is 1190. The van der Waals surface area contributed by atoms with Crippen LogP contribution in [0.25, 0.3) is 10.2 Å². The van der Waals surface area contributed by atoms with E-state index in [2.05, 4.69) is 0 Å². The lowest BCUT2D eigenvalue weighted by Crippen LogP contribution is -2.30. The number of aromatic nitrogens is 1. The first-order valence-corrected chi connectivity index (χ1v) is 10.8. The van der Waals surface area contributed by atoms with Crippen molar-refractivity contribution in [3.8, 4) is 11.5 Å². The Balaban J connectivity index is 1.84. The van der Waals surface area contributed by atoms with Crippen LogP contribution in [0.4, 0.5) is 5.13 Å². The summed E-state index contributed by atoms with van der Waals surface area (Å²) in [5.74, 6) is 1.26. The minimum absolute atomic E-state index is 0.0936. The van der Waals surface area contributed by atoms with Crippen LogP contribution in [0.1, 0.15) is 27.0 Å². The molecule has 158 valence electrons. The molecule has 0 bridgehead atoms. The number of nitrogens with zero attached hydrogens (tertiary/aromatic N) is 2. The SMILES string of the molecule is COc1ccc(OC)c2sc(N(Cc3ccccc3)C(=O)c3ccc(C)c(C)c3)nc12. The number of rotatable bonds is 6. The van der Waals surface area contributed by atoms with Gasteiger partial charge in [0.05, 0.1) is 20.8 Å². The van der Waals surface area contributed by atoms with Crippen molar-refractivity contribution in [1.29, 1.82) is 0 Å². The highest BCUT2D eigenvalue weighted by atomic mass is 32.1. The molecule has 6 heteroatoms. The van der Waals surface area contributed by atoms with Gasteiger partial charge in [-0.2, -0.15) is 0 Å². The van der Waals surface area contributed by atoms with Crippen LogP contribution in [-0.2, 0) is 6.54 Å². The van der Waals surface area contributed by atoms with Gasteiger partial charge in [-0.25, -0.2) is 4.98 Å². The minimum Gasteiger partial charge on any atom is -0.495 e. The monoisotopic (exact) mass is 432 g/mol. The molecule has 3 aromatic carbocycles. The normalized spacial score (nSPS) is 10.8. The summed E-state index contributed by atoms with van der Waals surface area (Å²) in [6, 6.07) is 19.4. The van der Waals surface area contributed by atoms with Crippen molar-refractivity contribution in [3.05, 3.63) is 82.9 Å². The van der Waals surface area contributed by atoms with E-state index in [0.717, 1.165) is 21.4 Å². The van der Waals surface area contributed by atoms with Crippen molar-refractivity contribution in [2.45, 2.75) is 20.4 Å². The second-order valence-corrected chi connectivity index (χ2v) is 8.30. The Morgan fingerprint density at radius 3 is 2.32 bits per heavy atom. The molecule has 4 rings (SSSR count). The Hall–Kier alpha value is -3.38. The molecule has 0 saturated heterocycles. The quantitative estimate of drug-likeness (QED) is 0.388. The number of carbonyl (C=O) groups is 1. The number of carbonyl (C=O) groups excluding carboxylic acids is 1. The maximum atomic E-state index is 13.6. The third-order valence-corrected chi connectivity index (χ3v) is 6.41. The fourth-order valence-corrected chi connectivity index (χ4v) is 4.48. The van der Waals surface area contributed by atoms with Gasteiger partial charge in [-0.1, -0.05) is 47.7 Å². The summed E-state index contributed by atoms with van der Waals surface area (Å²) in [6.07, 6.45) is 0. The van der Waals surface area contributed by atoms with Gasteiger partial charge in [0.1, 0.15) is 21.7 Å². The van der Waals surface area contributed by atoms with Crippen LogP contribution in [0.2, 0.25) is 0 Å². The van der Waals surface area contributed by atoms with Gasteiger partial charge in [0.25, 0.3) is 5.91 Å². The van der Waals surface area contributed by atoms with E-state index in [-0.39, 0.29) is 5.91 Å². The van der Waals surface area contributed by atoms with E-state index in [4.69, 9.17) is 14.5 Å². The lowest BCUT2D eigenvalue weighted by molar-refractivity contribution is 0.0985. The summed E-state index contributed by atoms with van der Waals surface area (Å²) in [4.78, 5) is 20.1. The van der Waals surface area contributed by atoms with E-state index in [1.54, 1.807) is 19.1 Å². The molecule has 1 heterocycles. The Kier molecular flexibility index (Phi) is 5.91. The van der Waals surface area contributed by atoms with E-state index in [9.17, 15) is 4.79 Å². The van der Waals surface area contributed by atoms with E-state index in [1.807, 2.05) is 74.5 Å². The predicted octanol–water partition coefficient (Wildman–Crippen LogP) is 5.78. The number of anilines is 1. The molecule has 0 saturated carbocycles. The van der Waals surface area contributed by atoms with Crippen molar-refractivity contribution >= 4 is 32.6 Å². The van der Waals surface area contributed by atoms with Gasteiger partial charge in [0, 0.05) is 5.56 Å². The number of thiazole rings is 1. The number of methoxy groups -OCH3 is 2. The molecule has 0 spiro atoms. The van der Waals surface area contributed by atoms with E-state index in [0.29, 0.717) is 34.3 Å². The van der Waals surface area contributed by atoms with Gasteiger partial charge in [-0.15, -0.1) is 0 Å². The highest BCUT2D eigenvalue weighted by Crippen LogP contribution is 2.40. The molecule has 0 N–H and O–H groups in total. The molecule has 1 amide bonds. The third-order valence-electron chi connectivity index (χ3n) is 5.31. The zero-order valence-electron chi connectivity index (χ0n) is 18.0. The molecule has 1 aromatic heterocycles. The summed E-state index contributed by atoms with van der Waals surface area (Å²) in [5.41, 5.74) is 4.58. The largest absolute Gasteiger partial charge is 0.495 e. The van der Waals surface area contributed by atoms with E-state index >= 15 is 0 Å². The molecule has 0 aliphatic carbocycles. The number of aryl methyl sites for hydroxylation is 2. The van der Waals surface area contributed by atoms with E-state index < -0.39 is 0 Å². The zero-order chi connectivity index (χ0) is 22.0. The smallest absolute Gasteiger partial charge is 0.260 e. The Morgan fingerprint density at radius 1 is 0.935 bits per heavy atom. The highest BCUT2D eigenvalue weighted by molar-refractivity contribution is 7.22. The van der Waals surface area contributed by atoms with Crippen LogP contribution < -0.4 is 14.4 Å². The molecule has 0 aliphatic rings. The number of amides is 1. The maximum absolute atomic E-state index is 13.6. The number of fused-ring (bicyclic) bond motifs is 1. The fraction of sp³-hybridized carbons (Fsp3) is 0.200. The predicted molar refractivity (Wildman–Crippen MR) is 126 cm³/mol. The van der Waals surface area contributed by atoms with Crippen LogP contribution in [-0.4, -0.2) is 25.1 Å². The molecule has 5 nitrogen and oxygen atoms in total. The molecule has 31 heavy (non-hydrogen) atoms. The molecule has 0 fully saturated rings. The highest BCUT2D eigenvalue weighted by Gasteiger charge is 2.24. The molecular formula is C25H24N2O3S. The Morgan fingerprint density at radius 2 is 1.65 bits per heavy atom. The number of hydrogen-bond acceptors (Lipinski definition) is 5. The lowest BCUT2D eigenvalue weighted by Gasteiger charge is -2.20.